The van der Waals surface area contributed by atoms with Crippen molar-refractivity contribution in [1.82, 2.24) is 4.90 Å². The van der Waals surface area contributed by atoms with Crippen LogP contribution in [0, 0.1) is 11.3 Å². The molecule has 0 atom stereocenters. The van der Waals surface area contributed by atoms with Crippen LogP contribution in [0.25, 0.3) is 0 Å². The summed E-state index contributed by atoms with van der Waals surface area (Å²) >= 11 is 0. The van der Waals surface area contributed by atoms with Crippen LogP contribution < -0.4 is 0 Å². The maximum atomic E-state index is 8.43. The quantitative estimate of drug-likeness (QED) is 0.520. The summed E-state index contributed by atoms with van der Waals surface area (Å²) in [5.41, 5.74) is 0.819. The molecule has 0 spiro atoms. The SMILES string of the molecule is CC/C(C#N)=C/N(C)C. The van der Waals surface area contributed by atoms with Gasteiger partial charge in [0.05, 0.1) is 6.07 Å². The molecule has 2 heteroatoms. The standard InChI is InChI=1S/C7H12N2/c1-4-7(5-8)6-9(2)3/h6H,4H2,1-3H3/b7-6-. The molecule has 0 aromatic carbocycles. The fraction of sp³-hybridized carbons (Fsp3) is 0.571. The van der Waals surface area contributed by atoms with E-state index in [-0.39, 0.29) is 0 Å². The lowest BCUT2D eigenvalue weighted by Gasteiger charge is -2.03. The molecule has 0 aromatic heterocycles. The van der Waals surface area contributed by atoms with E-state index in [2.05, 4.69) is 6.07 Å². The van der Waals surface area contributed by atoms with Crippen LogP contribution in [0.1, 0.15) is 13.3 Å². The van der Waals surface area contributed by atoms with E-state index in [1.54, 1.807) is 0 Å². The van der Waals surface area contributed by atoms with Gasteiger partial charge in [0.25, 0.3) is 0 Å². The molecule has 0 unspecified atom stereocenters. The van der Waals surface area contributed by atoms with Gasteiger partial charge in [-0.25, -0.2) is 0 Å². The first-order valence-electron chi connectivity index (χ1n) is 2.98. The van der Waals surface area contributed by atoms with Crippen molar-refractivity contribution in [3.8, 4) is 6.07 Å². The van der Waals surface area contributed by atoms with Crippen molar-refractivity contribution in [3.63, 3.8) is 0 Å². The first kappa shape index (κ1) is 8.03. The third kappa shape index (κ3) is 3.60. The largest absolute Gasteiger partial charge is 0.383 e. The minimum absolute atomic E-state index is 0.814. The molecule has 0 aromatic rings. The Balaban J connectivity index is 3.96. The number of allylic oxidation sites excluding steroid dienone is 1. The molecular weight excluding hydrogens is 112 g/mol. The van der Waals surface area contributed by atoms with Crippen molar-refractivity contribution in [2.75, 3.05) is 14.1 Å². The zero-order chi connectivity index (χ0) is 7.28. The van der Waals surface area contributed by atoms with E-state index in [0.717, 1.165) is 12.0 Å². The molecule has 0 aliphatic heterocycles. The fourth-order valence-electron chi connectivity index (χ4n) is 0.511. The number of nitriles is 1. The Bertz CT molecular complexity index is 139. The van der Waals surface area contributed by atoms with Gasteiger partial charge >= 0.3 is 0 Å². The second-order valence-electron chi connectivity index (χ2n) is 2.08. The van der Waals surface area contributed by atoms with Crippen molar-refractivity contribution >= 4 is 0 Å². The Labute approximate surface area is 56.4 Å². The van der Waals surface area contributed by atoms with Gasteiger partial charge in [-0.15, -0.1) is 0 Å². The molecule has 50 valence electrons. The highest BCUT2D eigenvalue weighted by Crippen LogP contribution is 1.97. The van der Waals surface area contributed by atoms with Crippen LogP contribution in [0.2, 0.25) is 0 Å². The van der Waals surface area contributed by atoms with E-state index in [0.29, 0.717) is 0 Å². The summed E-state index contributed by atoms with van der Waals surface area (Å²) in [7, 11) is 3.82. The summed E-state index contributed by atoms with van der Waals surface area (Å²) in [4.78, 5) is 1.88. The maximum absolute atomic E-state index is 8.43. The molecular formula is C7H12N2. The van der Waals surface area contributed by atoms with E-state index in [9.17, 15) is 0 Å². The highest BCUT2D eigenvalue weighted by molar-refractivity contribution is 5.18. The summed E-state index contributed by atoms with van der Waals surface area (Å²) in [6, 6.07) is 2.10. The highest BCUT2D eigenvalue weighted by Gasteiger charge is 1.88. The summed E-state index contributed by atoms with van der Waals surface area (Å²) in [6.45, 7) is 1.97. The molecule has 0 aliphatic carbocycles. The number of hydrogen-bond acceptors (Lipinski definition) is 2. The second kappa shape index (κ2) is 3.96. The van der Waals surface area contributed by atoms with Crippen LogP contribution in [-0.2, 0) is 0 Å². The Morgan fingerprint density at radius 1 is 1.67 bits per heavy atom. The third-order valence-corrected chi connectivity index (χ3v) is 0.939. The lowest BCUT2D eigenvalue weighted by Crippen LogP contribution is -2.01. The Kier molecular flexibility index (Phi) is 3.54. The molecule has 2 nitrogen and oxygen atoms in total. The van der Waals surface area contributed by atoms with E-state index < -0.39 is 0 Å². The Morgan fingerprint density at radius 3 is 2.33 bits per heavy atom. The summed E-state index contributed by atoms with van der Waals surface area (Å²) < 4.78 is 0. The molecule has 9 heavy (non-hydrogen) atoms. The highest BCUT2D eigenvalue weighted by atomic mass is 15.0. The molecule has 0 amide bonds. The topological polar surface area (TPSA) is 27.0 Å². The Morgan fingerprint density at radius 2 is 2.22 bits per heavy atom. The van der Waals surface area contributed by atoms with Gasteiger partial charge in [-0.05, 0) is 6.42 Å². The molecule has 0 bridgehead atoms. The lowest BCUT2D eigenvalue weighted by atomic mass is 10.2. The normalized spacial score (nSPS) is 10.7. The van der Waals surface area contributed by atoms with E-state index in [4.69, 9.17) is 5.26 Å². The van der Waals surface area contributed by atoms with Crippen molar-refractivity contribution in [3.05, 3.63) is 11.8 Å². The number of hydrogen-bond donors (Lipinski definition) is 0. The van der Waals surface area contributed by atoms with Crippen molar-refractivity contribution in [2.24, 2.45) is 0 Å². The first-order valence-corrected chi connectivity index (χ1v) is 2.98. The smallest absolute Gasteiger partial charge is 0.0962 e. The van der Waals surface area contributed by atoms with Crippen molar-refractivity contribution in [1.29, 1.82) is 5.26 Å². The third-order valence-electron chi connectivity index (χ3n) is 0.939. The van der Waals surface area contributed by atoms with E-state index in [1.165, 1.54) is 0 Å². The second-order valence-corrected chi connectivity index (χ2v) is 2.08. The molecule has 0 fully saturated rings. The molecule has 0 aliphatic rings. The van der Waals surface area contributed by atoms with E-state index in [1.807, 2.05) is 32.1 Å². The van der Waals surface area contributed by atoms with Gasteiger partial charge in [0.15, 0.2) is 0 Å². The average molecular weight is 124 g/mol. The van der Waals surface area contributed by atoms with Gasteiger partial charge in [0.1, 0.15) is 0 Å². The average Bonchev–Trinajstić information content (AvgIpc) is 1.82. The lowest BCUT2D eigenvalue weighted by molar-refractivity contribution is 0.558. The summed E-state index contributed by atoms with van der Waals surface area (Å²) in [5, 5.41) is 8.43. The molecule has 0 radical (unpaired) electrons. The van der Waals surface area contributed by atoms with Crippen LogP contribution in [0.4, 0.5) is 0 Å². The van der Waals surface area contributed by atoms with Crippen molar-refractivity contribution in [2.45, 2.75) is 13.3 Å². The van der Waals surface area contributed by atoms with Gasteiger partial charge in [0.2, 0.25) is 0 Å². The maximum Gasteiger partial charge on any atom is 0.0962 e. The van der Waals surface area contributed by atoms with Gasteiger partial charge < -0.3 is 4.90 Å². The van der Waals surface area contributed by atoms with E-state index >= 15 is 0 Å². The molecule has 0 heterocycles. The molecule has 0 saturated carbocycles. The minimum atomic E-state index is 0.814. The first-order chi connectivity index (χ1) is 4.20. The zero-order valence-electron chi connectivity index (χ0n) is 6.18. The molecule has 0 saturated heterocycles. The number of rotatable bonds is 2. The van der Waals surface area contributed by atoms with Gasteiger partial charge in [-0.1, -0.05) is 6.92 Å². The van der Waals surface area contributed by atoms with Crippen LogP contribution in [-0.4, -0.2) is 19.0 Å². The van der Waals surface area contributed by atoms with Crippen LogP contribution in [0.5, 0.6) is 0 Å². The predicted octanol–water partition coefficient (Wildman–Crippen LogP) is 1.37. The fourth-order valence-corrected chi connectivity index (χ4v) is 0.511. The van der Waals surface area contributed by atoms with Crippen LogP contribution >= 0.6 is 0 Å². The van der Waals surface area contributed by atoms with Gasteiger partial charge in [-0.3, -0.25) is 0 Å². The summed E-state index contributed by atoms with van der Waals surface area (Å²) in [6.07, 6.45) is 2.65. The minimum Gasteiger partial charge on any atom is -0.383 e. The van der Waals surface area contributed by atoms with Crippen LogP contribution in [0.3, 0.4) is 0 Å². The Hall–Kier alpha value is -0.970. The van der Waals surface area contributed by atoms with Gasteiger partial charge in [-0.2, -0.15) is 5.26 Å². The molecule has 0 N–H and O–H groups in total. The van der Waals surface area contributed by atoms with Crippen LogP contribution in [0.15, 0.2) is 11.8 Å². The molecule has 0 rings (SSSR count). The number of nitrogens with zero attached hydrogens (tertiary/aromatic N) is 2. The summed E-state index contributed by atoms with van der Waals surface area (Å²) in [5.74, 6) is 0. The predicted molar refractivity (Wildman–Crippen MR) is 37.7 cm³/mol. The van der Waals surface area contributed by atoms with Crippen molar-refractivity contribution < 1.29 is 0 Å². The monoisotopic (exact) mass is 124 g/mol. The zero-order valence-corrected chi connectivity index (χ0v) is 6.18. The van der Waals surface area contributed by atoms with Gasteiger partial charge in [0, 0.05) is 25.9 Å².